The molecule has 0 nitrogen and oxygen atoms in total. The second-order valence-electron chi connectivity index (χ2n) is 10.8. The number of hydrogen-bond acceptors (Lipinski definition) is 0. The van der Waals surface area contributed by atoms with E-state index in [2.05, 4.69) is 23.7 Å². The van der Waals surface area contributed by atoms with Crippen LogP contribution in [0.2, 0.25) is 0 Å². The molecule has 0 radical (unpaired) electrons. The standard InChI is InChI=1S/C28H10F6.2C6H5.Sn/c29-23-15-21(27(33)25(31)19(23)13-11-17-7-3-1-4-8-17)22-16-24(30)20(26(32)28(22)34)14-12-18-9-5-2-6-10-18;2*1-2-4-6-5-3-1;/h1-10H;2*1-5H;. The topological polar surface area (TPSA) is 0 Å². The molecule has 0 aliphatic carbocycles. The normalized spacial score (nSPS) is 12.3. The first-order valence-corrected chi connectivity index (χ1v) is 20.2. The molecule has 1 heterocycles. The van der Waals surface area contributed by atoms with Gasteiger partial charge >= 0.3 is 272 Å². The van der Waals surface area contributed by atoms with E-state index in [4.69, 9.17) is 0 Å². The molecule has 0 amide bonds. The SMILES string of the molecule is Fc1c(F)c2[c](c(F)c1C#Cc1ccccc1)[Sn]([c]1ccccc1)([c]1ccccc1)[c]1c(F)c(C#Cc3ccccc3)c(F)c(F)c1-2. The Labute approximate surface area is 271 Å². The Bertz CT molecular complexity index is 2130. The van der Waals surface area contributed by atoms with E-state index in [1.807, 2.05) is 0 Å². The van der Waals surface area contributed by atoms with Crippen LogP contribution in [0.5, 0.6) is 0 Å². The van der Waals surface area contributed by atoms with Gasteiger partial charge in [-0.3, -0.25) is 0 Å². The van der Waals surface area contributed by atoms with E-state index in [0.717, 1.165) is 0 Å². The molecule has 0 aromatic heterocycles. The fourth-order valence-electron chi connectivity index (χ4n) is 6.27. The first-order chi connectivity index (χ1) is 22.9. The fraction of sp³-hybridized carbons (Fsp3) is 0. The molecule has 47 heavy (non-hydrogen) atoms. The summed E-state index contributed by atoms with van der Waals surface area (Å²) in [5.74, 6) is 1.11. The maximum atomic E-state index is 17.2. The van der Waals surface area contributed by atoms with Crippen LogP contribution in [-0.4, -0.2) is 18.4 Å². The van der Waals surface area contributed by atoms with Crippen molar-refractivity contribution in [3.05, 3.63) is 178 Å². The average molecular weight is 733 g/mol. The molecular weight excluding hydrogens is 713 g/mol. The maximum absolute atomic E-state index is 17.2. The van der Waals surface area contributed by atoms with E-state index < -0.39 is 75.5 Å². The second-order valence-corrected chi connectivity index (χ2v) is 21.3. The van der Waals surface area contributed by atoms with Crippen LogP contribution in [0.3, 0.4) is 0 Å². The molecule has 0 saturated heterocycles. The van der Waals surface area contributed by atoms with Crippen LogP contribution in [0.4, 0.5) is 26.3 Å². The van der Waals surface area contributed by atoms with Crippen LogP contribution in [-0.2, 0) is 0 Å². The van der Waals surface area contributed by atoms with E-state index in [1.54, 1.807) is 121 Å². The Hall–Kier alpha value is -5.18. The molecule has 0 N–H and O–H groups in total. The molecule has 226 valence electrons. The van der Waals surface area contributed by atoms with E-state index in [0.29, 0.717) is 18.3 Å². The molecule has 0 fully saturated rings. The predicted molar refractivity (Wildman–Crippen MR) is 174 cm³/mol. The van der Waals surface area contributed by atoms with Crippen molar-refractivity contribution >= 4 is 32.7 Å². The van der Waals surface area contributed by atoms with Gasteiger partial charge in [0, 0.05) is 0 Å². The van der Waals surface area contributed by atoms with E-state index >= 15 is 26.3 Å². The average Bonchev–Trinajstić information content (AvgIpc) is 3.45. The van der Waals surface area contributed by atoms with Crippen molar-refractivity contribution in [1.29, 1.82) is 0 Å². The summed E-state index contributed by atoms with van der Waals surface area (Å²) in [5, 5.41) is 0. The first kappa shape index (κ1) is 30.5. The van der Waals surface area contributed by atoms with E-state index in [-0.39, 0.29) is 7.16 Å². The summed E-state index contributed by atoms with van der Waals surface area (Å²) in [5.41, 5.74) is -2.59. The third-order valence-corrected chi connectivity index (χ3v) is 22.1. The number of hydrogen-bond donors (Lipinski definition) is 0. The quantitative estimate of drug-likeness (QED) is 0.0806. The number of rotatable bonds is 2. The molecule has 0 unspecified atom stereocenters. The van der Waals surface area contributed by atoms with Crippen LogP contribution in [0.15, 0.2) is 121 Å². The summed E-state index contributed by atoms with van der Waals surface area (Å²) in [4.78, 5) is 0. The van der Waals surface area contributed by atoms with Gasteiger partial charge in [0.15, 0.2) is 0 Å². The van der Waals surface area contributed by atoms with Crippen LogP contribution in [0, 0.1) is 58.6 Å². The zero-order valence-electron chi connectivity index (χ0n) is 24.3. The fourth-order valence-corrected chi connectivity index (χ4v) is 21.3. The summed E-state index contributed by atoms with van der Waals surface area (Å²) in [6, 6.07) is 33.2. The summed E-state index contributed by atoms with van der Waals surface area (Å²) in [6.45, 7) is 0. The monoisotopic (exact) mass is 734 g/mol. The Morgan fingerprint density at radius 3 is 1.00 bits per heavy atom. The van der Waals surface area contributed by atoms with Crippen LogP contribution < -0.4 is 14.3 Å². The molecule has 6 aromatic carbocycles. The van der Waals surface area contributed by atoms with Gasteiger partial charge in [-0.05, 0) is 0 Å². The van der Waals surface area contributed by atoms with Crippen molar-refractivity contribution in [3.8, 4) is 34.8 Å². The Morgan fingerprint density at radius 1 is 0.340 bits per heavy atom. The molecule has 7 heteroatoms. The van der Waals surface area contributed by atoms with Crippen molar-refractivity contribution < 1.29 is 26.3 Å². The van der Waals surface area contributed by atoms with Crippen molar-refractivity contribution in [3.63, 3.8) is 0 Å². The predicted octanol–water partition coefficient (Wildman–Crippen LogP) is 6.68. The zero-order valence-corrected chi connectivity index (χ0v) is 27.2. The Kier molecular flexibility index (Phi) is 7.91. The van der Waals surface area contributed by atoms with Gasteiger partial charge in [0.25, 0.3) is 0 Å². The molecule has 0 atom stereocenters. The van der Waals surface area contributed by atoms with Gasteiger partial charge in [0.05, 0.1) is 0 Å². The van der Waals surface area contributed by atoms with Crippen molar-refractivity contribution in [2.45, 2.75) is 0 Å². The van der Waals surface area contributed by atoms with Crippen LogP contribution >= 0.6 is 0 Å². The van der Waals surface area contributed by atoms with E-state index in [9.17, 15) is 0 Å². The van der Waals surface area contributed by atoms with Gasteiger partial charge in [-0.1, -0.05) is 0 Å². The first-order valence-electron chi connectivity index (χ1n) is 14.5. The summed E-state index contributed by atoms with van der Waals surface area (Å²) in [7, 11) is 0. The zero-order chi connectivity index (χ0) is 32.7. The molecule has 0 spiro atoms. The van der Waals surface area contributed by atoms with Crippen LogP contribution in [0.1, 0.15) is 22.3 Å². The number of benzene rings is 6. The molecule has 1 aliphatic rings. The summed E-state index contributed by atoms with van der Waals surface area (Å²) in [6.07, 6.45) is 0. The second kappa shape index (κ2) is 12.2. The minimum absolute atomic E-state index is 0.381. The Morgan fingerprint density at radius 2 is 0.660 bits per heavy atom. The van der Waals surface area contributed by atoms with Crippen molar-refractivity contribution in [2.24, 2.45) is 0 Å². The van der Waals surface area contributed by atoms with Gasteiger partial charge < -0.3 is 0 Å². The molecular formula is C40H20F6Sn. The van der Waals surface area contributed by atoms with Crippen molar-refractivity contribution in [1.82, 2.24) is 0 Å². The van der Waals surface area contributed by atoms with Crippen molar-refractivity contribution in [2.75, 3.05) is 0 Å². The van der Waals surface area contributed by atoms with E-state index in [1.165, 1.54) is 0 Å². The minimum atomic E-state index is -5.57. The van der Waals surface area contributed by atoms with Gasteiger partial charge in [-0.25, -0.2) is 0 Å². The Balaban J connectivity index is 1.66. The third-order valence-electron chi connectivity index (χ3n) is 8.27. The van der Waals surface area contributed by atoms with Gasteiger partial charge in [-0.15, -0.1) is 0 Å². The van der Waals surface area contributed by atoms with Crippen LogP contribution in [0.25, 0.3) is 11.1 Å². The number of fused-ring (bicyclic) bond motifs is 3. The van der Waals surface area contributed by atoms with Gasteiger partial charge in [0.2, 0.25) is 0 Å². The molecule has 7 rings (SSSR count). The number of halogens is 6. The summed E-state index contributed by atoms with van der Waals surface area (Å²) >= 11 is -5.57. The van der Waals surface area contributed by atoms with Gasteiger partial charge in [-0.2, -0.15) is 0 Å². The molecule has 0 bridgehead atoms. The molecule has 1 aliphatic heterocycles. The van der Waals surface area contributed by atoms with Gasteiger partial charge in [0.1, 0.15) is 0 Å². The molecule has 0 saturated carbocycles. The third kappa shape index (κ3) is 4.83. The summed E-state index contributed by atoms with van der Waals surface area (Å²) < 4.78 is 98.9. The molecule has 6 aromatic rings.